The van der Waals surface area contributed by atoms with Gasteiger partial charge in [-0.25, -0.2) is 13.1 Å². The van der Waals surface area contributed by atoms with E-state index in [9.17, 15) is 21.6 Å². The molecule has 1 N–H and O–H groups in total. The van der Waals surface area contributed by atoms with E-state index in [1.807, 2.05) is 0 Å². The van der Waals surface area contributed by atoms with E-state index in [4.69, 9.17) is 0 Å². The lowest BCUT2D eigenvalue weighted by Gasteiger charge is -2.22. The molecule has 1 aliphatic rings. The molecule has 0 aromatic heterocycles. The second-order valence-electron chi connectivity index (χ2n) is 5.13. The normalized spacial score (nSPS) is 17.9. The van der Waals surface area contributed by atoms with Crippen LogP contribution in [0.3, 0.4) is 0 Å². The summed E-state index contributed by atoms with van der Waals surface area (Å²) in [6, 6.07) is 2.51. The second kappa shape index (κ2) is 6.26. The van der Waals surface area contributed by atoms with Gasteiger partial charge in [-0.05, 0) is 31.0 Å². The first-order valence-electron chi connectivity index (χ1n) is 6.58. The first-order chi connectivity index (χ1) is 9.68. The molecule has 0 heterocycles. The molecule has 21 heavy (non-hydrogen) atoms. The molecule has 0 saturated heterocycles. The Bertz CT molecular complexity index is 610. The Kier molecular flexibility index (Phi) is 4.99. The van der Waals surface area contributed by atoms with E-state index in [0.717, 1.165) is 38.2 Å². The Morgan fingerprint density at radius 3 is 2.29 bits per heavy atom. The standard InChI is InChI=1S/C13H15BrF3NO2S/c14-10-6-9(13(15,16)17)7-12(8-10)21(19,20)18-11-4-2-1-3-5-11/h6-8,11,18H,1-5H2. The van der Waals surface area contributed by atoms with E-state index in [2.05, 4.69) is 20.7 Å². The molecule has 0 aliphatic heterocycles. The van der Waals surface area contributed by atoms with Crippen molar-refractivity contribution in [2.24, 2.45) is 0 Å². The number of sulfonamides is 1. The molecule has 1 aromatic rings. The Morgan fingerprint density at radius 2 is 1.71 bits per heavy atom. The zero-order valence-electron chi connectivity index (χ0n) is 11.1. The van der Waals surface area contributed by atoms with Crippen molar-refractivity contribution in [1.29, 1.82) is 0 Å². The summed E-state index contributed by atoms with van der Waals surface area (Å²) < 4.78 is 65.3. The van der Waals surface area contributed by atoms with Crippen LogP contribution in [-0.4, -0.2) is 14.5 Å². The maximum Gasteiger partial charge on any atom is 0.416 e. The minimum atomic E-state index is -4.58. The molecular formula is C13H15BrF3NO2S. The van der Waals surface area contributed by atoms with Crippen LogP contribution in [0.1, 0.15) is 37.7 Å². The van der Waals surface area contributed by atoms with Crippen molar-refractivity contribution in [1.82, 2.24) is 4.72 Å². The Hall–Kier alpha value is -0.600. The zero-order chi connectivity index (χ0) is 15.7. The lowest BCUT2D eigenvalue weighted by atomic mass is 9.96. The van der Waals surface area contributed by atoms with Crippen LogP contribution in [0.4, 0.5) is 13.2 Å². The molecule has 1 saturated carbocycles. The summed E-state index contributed by atoms with van der Waals surface area (Å²) in [5.41, 5.74) is -0.985. The summed E-state index contributed by atoms with van der Waals surface area (Å²) >= 11 is 2.93. The predicted molar refractivity (Wildman–Crippen MR) is 76.3 cm³/mol. The van der Waals surface area contributed by atoms with Crippen LogP contribution in [0.5, 0.6) is 0 Å². The highest BCUT2D eigenvalue weighted by atomic mass is 79.9. The number of hydrogen-bond acceptors (Lipinski definition) is 2. The SMILES string of the molecule is O=S(=O)(NC1CCCCC1)c1cc(Br)cc(C(F)(F)F)c1. The van der Waals surface area contributed by atoms with E-state index in [1.54, 1.807) is 0 Å². The fourth-order valence-corrected chi connectivity index (χ4v) is 4.41. The van der Waals surface area contributed by atoms with Gasteiger partial charge in [-0.15, -0.1) is 0 Å². The maximum atomic E-state index is 12.8. The molecule has 118 valence electrons. The summed E-state index contributed by atoms with van der Waals surface area (Å²) in [7, 11) is -3.95. The fourth-order valence-electron chi connectivity index (χ4n) is 2.39. The summed E-state index contributed by atoms with van der Waals surface area (Å²) in [6.45, 7) is 0. The summed E-state index contributed by atoms with van der Waals surface area (Å²) in [6.07, 6.45) is -0.218. The number of halogens is 4. The molecule has 2 rings (SSSR count). The van der Waals surface area contributed by atoms with Crippen molar-refractivity contribution in [3.05, 3.63) is 28.2 Å². The van der Waals surface area contributed by atoms with E-state index in [1.165, 1.54) is 6.07 Å². The molecule has 3 nitrogen and oxygen atoms in total. The third-order valence-electron chi connectivity index (χ3n) is 3.44. The highest BCUT2D eigenvalue weighted by molar-refractivity contribution is 9.10. The number of hydrogen-bond donors (Lipinski definition) is 1. The van der Waals surface area contributed by atoms with Crippen LogP contribution in [0.2, 0.25) is 0 Å². The van der Waals surface area contributed by atoms with Gasteiger partial charge in [0, 0.05) is 10.5 Å². The van der Waals surface area contributed by atoms with Crippen LogP contribution < -0.4 is 4.72 Å². The van der Waals surface area contributed by atoms with E-state index >= 15 is 0 Å². The Balaban J connectivity index is 2.29. The minimum Gasteiger partial charge on any atom is -0.208 e. The lowest BCUT2D eigenvalue weighted by molar-refractivity contribution is -0.137. The van der Waals surface area contributed by atoms with Crippen LogP contribution >= 0.6 is 15.9 Å². The van der Waals surface area contributed by atoms with Gasteiger partial charge in [-0.3, -0.25) is 0 Å². The molecule has 8 heteroatoms. The smallest absolute Gasteiger partial charge is 0.208 e. The Morgan fingerprint density at radius 1 is 1.10 bits per heavy atom. The lowest BCUT2D eigenvalue weighted by Crippen LogP contribution is -2.36. The summed E-state index contributed by atoms with van der Waals surface area (Å²) in [5.74, 6) is 0. The van der Waals surface area contributed by atoms with E-state index in [-0.39, 0.29) is 15.4 Å². The quantitative estimate of drug-likeness (QED) is 0.851. The van der Waals surface area contributed by atoms with Crippen LogP contribution in [0.25, 0.3) is 0 Å². The van der Waals surface area contributed by atoms with Crippen LogP contribution in [0.15, 0.2) is 27.6 Å². The largest absolute Gasteiger partial charge is 0.416 e. The molecule has 1 fully saturated rings. The average Bonchev–Trinajstić information content (AvgIpc) is 2.37. The van der Waals surface area contributed by atoms with Crippen LogP contribution in [-0.2, 0) is 16.2 Å². The molecule has 1 aromatic carbocycles. The van der Waals surface area contributed by atoms with Crippen LogP contribution in [0, 0.1) is 0 Å². The highest BCUT2D eigenvalue weighted by Crippen LogP contribution is 2.33. The summed E-state index contributed by atoms with van der Waals surface area (Å²) in [4.78, 5) is -0.366. The molecule has 0 radical (unpaired) electrons. The third-order valence-corrected chi connectivity index (χ3v) is 5.39. The number of benzene rings is 1. The first-order valence-corrected chi connectivity index (χ1v) is 8.86. The van der Waals surface area contributed by atoms with Gasteiger partial charge in [0.2, 0.25) is 10.0 Å². The van der Waals surface area contributed by atoms with E-state index in [0.29, 0.717) is 6.07 Å². The Labute approximate surface area is 130 Å². The number of nitrogens with one attached hydrogen (secondary N) is 1. The molecular weight excluding hydrogens is 371 g/mol. The molecule has 0 amide bonds. The van der Waals surface area contributed by atoms with Gasteiger partial charge in [0.25, 0.3) is 0 Å². The maximum absolute atomic E-state index is 12.8. The van der Waals surface area contributed by atoms with Gasteiger partial charge in [0.05, 0.1) is 10.5 Å². The zero-order valence-corrected chi connectivity index (χ0v) is 13.5. The van der Waals surface area contributed by atoms with Gasteiger partial charge < -0.3 is 0 Å². The topological polar surface area (TPSA) is 46.2 Å². The van der Waals surface area contributed by atoms with Crippen molar-refractivity contribution in [2.45, 2.75) is 49.2 Å². The molecule has 0 atom stereocenters. The van der Waals surface area contributed by atoms with Gasteiger partial charge in [0.1, 0.15) is 0 Å². The van der Waals surface area contributed by atoms with Crippen molar-refractivity contribution in [2.75, 3.05) is 0 Å². The van der Waals surface area contributed by atoms with Crippen molar-refractivity contribution in [3.8, 4) is 0 Å². The van der Waals surface area contributed by atoms with Crippen molar-refractivity contribution >= 4 is 26.0 Å². The molecule has 0 bridgehead atoms. The molecule has 0 unspecified atom stereocenters. The fraction of sp³-hybridized carbons (Fsp3) is 0.538. The number of alkyl halides is 3. The first kappa shape index (κ1) is 16.8. The van der Waals surface area contributed by atoms with E-state index < -0.39 is 21.8 Å². The summed E-state index contributed by atoms with van der Waals surface area (Å²) in [5, 5.41) is 0. The van der Waals surface area contributed by atoms with Gasteiger partial charge >= 0.3 is 6.18 Å². The highest BCUT2D eigenvalue weighted by Gasteiger charge is 2.33. The minimum absolute atomic E-state index is 0.0846. The molecule has 1 aliphatic carbocycles. The third kappa shape index (κ3) is 4.43. The predicted octanol–water partition coefficient (Wildman–Crippen LogP) is 4.08. The van der Waals surface area contributed by atoms with Crippen molar-refractivity contribution in [3.63, 3.8) is 0 Å². The van der Waals surface area contributed by atoms with Gasteiger partial charge in [-0.2, -0.15) is 13.2 Å². The van der Waals surface area contributed by atoms with Gasteiger partial charge in [-0.1, -0.05) is 35.2 Å². The molecule has 0 spiro atoms. The van der Waals surface area contributed by atoms with Gasteiger partial charge in [0.15, 0.2) is 0 Å². The second-order valence-corrected chi connectivity index (χ2v) is 7.76. The average molecular weight is 386 g/mol. The number of rotatable bonds is 3. The monoisotopic (exact) mass is 385 g/mol. The van der Waals surface area contributed by atoms with Crippen molar-refractivity contribution < 1.29 is 21.6 Å².